The molecule has 0 aromatic heterocycles. The average molecular weight is 290 g/mol. The highest BCUT2D eigenvalue weighted by Gasteiger charge is 2.05. The topological polar surface area (TPSA) is 29.3 Å². The Bertz CT molecular complexity index is 284. The van der Waals surface area contributed by atoms with Crippen LogP contribution in [0.2, 0.25) is 0 Å². The van der Waals surface area contributed by atoms with E-state index in [-0.39, 0.29) is 0 Å². The van der Waals surface area contributed by atoms with E-state index in [1.807, 2.05) is 0 Å². The number of rotatable bonds is 3. The summed E-state index contributed by atoms with van der Waals surface area (Å²) in [5.74, 6) is 0. The molecular formula is C10H15IN2. The molecule has 13 heavy (non-hydrogen) atoms. The summed E-state index contributed by atoms with van der Waals surface area (Å²) in [4.78, 5) is 2.13. The molecule has 0 aliphatic carbocycles. The van der Waals surface area contributed by atoms with Crippen molar-refractivity contribution < 1.29 is 0 Å². The molecule has 0 aliphatic rings. The molecular weight excluding hydrogens is 275 g/mol. The van der Waals surface area contributed by atoms with Gasteiger partial charge in [0.05, 0.1) is 0 Å². The van der Waals surface area contributed by atoms with E-state index in [2.05, 4.69) is 59.8 Å². The number of nitrogens with two attached hydrogens (primary N) is 1. The van der Waals surface area contributed by atoms with E-state index in [4.69, 9.17) is 5.73 Å². The lowest BCUT2D eigenvalue weighted by Gasteiger charge is -2.16. The Morgan fingerprint density at radius 3 is 2.62 bits per heavy atom. The minimum atomic E-state index is 0.715. The van der Waals surface area contributed by atoms with Crippen molar-refractivity contribution in [2.24, 2.45) is 5.73 Å². The first-order valence-electron chi connectivity index (χ1n) is 4.31. The number of hydrogen-bond donors (Lipinski definition) is 1. The molecule has 2 nitrogen and oxygen atoms in total. The molecule has 2 N–H and O–H groups in total. The Morgan fingerprint density at radius 1 is 1.38 bits per heavy atom. The van der Waals surface area contributed by atoms with Gasteiger partial charge in [-0.25, -0.2) is 0 Å². The average Bonchev–Trinajstić information content (AvgIpc) is 2.08. The van der Waals surface area contributed by atoms with E-state index >= 15 is 0 Å². The highest BCUT2D eigenvalue weighted by atomic mass is 127. The molecule has 0 bridgehead atoms. The third-order valence-electron chi connectivity index (χ3n) is 1.95. The zero-order valence-electron chi connectivity index (χ0n) is 8.05. The van der Waals surface area contributed by atoms with E-state index in [0.717, 1.165) is 6.42 Å². The van der Waals surface area contributed by atoms with Gasteiger partial charge in [0.25, 0.3) is 0 Å². The zero-order chi connectivity index (χ0) is 9.84. The molecule has 3 heteroatoms. The van der Waals surface area contributed by atoms with Gasteiger partial charge in [0.15, 0.2) is 0 Å². The molecule has 0 amide bonds. The second kappa shape index (κ2) is 4.81. The highest BCUT2D eigenvalue weighted by molar-refractivity contribution is 14.1. The molecule has 0 fully saturated rings. The van der Waals surface area contributed by atoms with Gasteiger partial charge in [0.1, 0.15) is 0 Å². The molecule has 0 saturated heterocycles. The molecule has 0 aliphatic heterocycles. The second-order valence-corrected chi connectivity index (χ2v) is 4.26. The molecule has 0 radical (unpaired) electrons. The number of halogens is 1. The van der Waals surface area contributed by atoms with Crippen molar-refractivity contribution in [3.63, 3.8) is 0 Å². The van der Waals surface area contributed by atoms with Gasteiger partial charge < -0.3 is 10.6 Å². The molecule has 1 aromatic rings. The maximum Gasteiger partial charge on any atom is 0.0499 e. The molecule has 72 valence electrons. The first-order valence-corrected chi connectivity index (χ1v) is 5.39. The third-order valence-corrected chi connectivity index (χ3v) is 3.20. The smallest absolute Gasteiger partial charge is 0.0499 e. The number of nitrogens with zero attached hydrogens (tertiary/aromatic N) is 1. The van der Waals surface area contributed by atoms with Crippen LogP contribution in [0.25, 0.3) is 0 Å². The number of hydrogen-bond acceptors (Lipinski definition) is 2. The molecule has 0 unspecified atom stereocenters. The lowest BCUT2D eigenvalue weighted by atomic mass is 10.1. The predicted octanol–water partition coefficient (Wildman–Crippen LogP) is 1.86. The fourth-order valence-corrected chi connectivity index (χ4v) is 2.37. The van der Waals surface area contributed by atoms with E-state index in [9.17, 15) is 0 Å². The Labute approximate surface area is 93.3 Å². The summed E-state index contributed by atoms with van der Waals surface area (Å²) in [7, 11) is 4.12. The summed E-state index contributed by atoms with van der Waals surface area (Å²) in [5.41, 5.74) is 8.15. The van der Waals surface area contributed by atoms with E-state index < -0.39 is 0 Å². The highest BCUT2D eigenvalue weighted by Crippen LogP contribution is 2.24. The maximum absolute atomic E-state index is 5.54. The summed E-state index contributed by atoms with van der Waals surface area (Å²) < 4.78 is 1.32. The van der Waals surface area contributed by atoms with Gasteiger partial charge in [0, 0.05) is 23.4 Å². The van der Waals surface area contributed by atoms with Crippen LogP contribution in [0.4, 0.5) is 5.69 Å². The van der Waals surface area contributed by atoms with Crippen molar-refractivity contribution in [3.05, 3.63) is 27.3 Å². The van der Waals surface area contributed by atoms with E-state index in [1.165, 1.54) is 14.8 Å². The van der Waals surface area contributed by atoms with Gasteiger partial charge >= 0.3 is 0 Å². The van der Waals surface area contributed by atoms with Gasteiger partial charge in [-0.1, -0.05) is 12.1 Å². The summed E-state index contributed by atoms with van der Waals surface area (Å²) in [6, 6.07) is 6.35. The van der Waals surface area contributed by atoms with Gasteiger partial charge in [-0.2, -0.15) is 0 Å². The van der Waals surface area contributed by atoms with E-state index in [1.54, 1.807) is 0 Å². The van der Waals surface area contributed by atoms with Crippen molar-refractivity contribution in [3.8, 4) is 0 Å². The largest absolute Gasteiger partial charge is 0.377 e. The lowest BCUT2D eigenvalue weighted by Crippen LogP contribution is -2.12. The summed E-state index contributed by atoms with van der Waals surface area (Å²) >= 11 is 2.38. The SMILES string of the molecule is CN(C)c1cccc(CCN)c1I. The van der Waals surface area contributed by atoms with E-state index in [0.29, 0.717) is 6.54 Å². The summed E-state index contributed by atoms with van der Waals surface area (Å²) in [6.07, 6.45) is 0.958. The maximum atomic E-state index is 5.54. The van der Waals surface area contributed by atoms with Crippen molar-refractivity contribution in [2.75, 3.05) is 25.5 Å². The Kier molecular flexibility index (Phi) is 3.99. The molecule has 0 heterocycles. The lowest BCUT2D eigenvalue weighted by molar-refractivity contribution is 0.958. The fraction of sp³-hybridized carbons (Fsp3) is 0.400. The summed E-state index contributed by atoms with van der Waals surface area (Å²) in [6.45, 7) is 0.715. The molecule has 0 atom stereocenters. The quantitative estimate of drug-likeness (QED) is 0.861. The number of anilines is 1. The predicted molar refractivity (Wildman–Crippen MR) is 66.2 cm³/mol. The van der Waals surface area contributed by atoms with Crippen LogP contribution in [-0.2, 0) is 6.42 Å². The van der Waals surface area contributed by atoms with Crippen LogP contribution < -0.4 is 10.6 Å². The van der Waals surface area contributed by atoms with Crippen LogP contribution in [0.3, 0.4) is 0 Å². The van der Waals surface area contributed by atoms with Crippen LogP contribution in [0, 0.1) is 3.57 Å². The molecule has 1 rings (SSSR count). The monoisotopic (exact) mass is 290 g/mol. The second-order valence-electron chi connectivity index (χ2n) is 3.18. The van der Waals surface area contributed by atoms with Crippen LogP contribution in [0.15, 0.2) is 18.2 Å². The van der Waals surface area contributed by atoms with Crippen molar-refractivity contribution >= 4 is 28.3 Å². The molecule has 0 saturated carbocycles. The number of benzene rings is 1. The van der Waals surface area contributed by atoms with Crippen molar-refractivity contribution in [2.45, 2.75) is 6.42 Å². The van der Waals surface area contributed by atoms with Crippen molar-refractivity contribution in [1.82, 2.24) is 0 Å². The molecule has 1 aromatic carbocycles. The molecule has 0 spiro atoms. The van der Waals surface area contributed by atoms with Crippen LogP contribution in [-0.4, -0.2) is 20.6 Å². The third kappa shape index (κ3) is 2.57. The first-order chi connectivity index (χ1) is 6.16. The summed E-state index contributed by atoms with van der Waals surface area (Å²) in [5, 5.41) is 0. The minimum Gasteiger partial charge on any atom is -0.377 e. The zero-order valence-corrected chi connectivity index (χ0v) is 10.2. The van der Waals surface area contributed by atoms with Crippen LogP contribution in [0.1, 0.15) is 5.56 Å². The standard InChI is InChI=1S/C10H15IN2/c1-13(2)9-5-3-4-8(6-7-12)10(9)11/h3-5H,6-7,12H2,1-2H3. The van der Waals surface area contributed by atoms with Gasteiger partial charge in [-0.15, -0.1) is 0 Å². The first kappa shape index (κ1) is 10.8. The van der Waals surface area contributed by atoms with Crippen LogP contribution >= 0.6 is 22.6 Å². The van der Waals surface area contributed by atoms with Crippen LogP contribution in [0.5, 0.6) is 0 Å². The fourth-order valence-electron chi connectivity index (χ4n) is 1.26. The van der Waals surface area contributed by atoms with Gasteiger partial charge in [0.2, 0.25) is 0 Å². The van der Waals surface area contributed by atoms with Crippen molar-refractivity contribution in [1.29, 1.82) is 0 Å². The van der Waals surface area contributed by atoms with Gasteiger partial charge in [-0.3, -0.25) is 0 Å². The Hall–Kier alpha value is -0.290. The normalized spacial score (nSPS) is 10.2. The Morgan fingerprint density at radius 2 is 2.08 bits per heavy atom. The van der Waals surface area contributed by atoms with Gasteiger partial charge in [-0.05, 0) is 47.2 Å². The Balaban J connectivity index is 3.03. The minimum absolute atomic E-state index is 0.715.